The summed E-state index contributed by atoms with van der Waals surface area (Å²) < 4.78 is 124. The van der Waals surface area contributed by atoms with E-state index in [1.54, 1.807) is 0 Å². The first-order valence-corrected chi connectivity index (χ1v) is 12.6. The number of halogens is 8. The van der Waals surface area contributed by atoms with Gasteiger partial charge in [-0.25, -0.2) is 26.3 Å². The summed E-state index contributed by atoms with van der Waals surface area (Å²) in [6.07, 6.45) is -0.747. The van der Waals surface area contributed by atoms with E-state index in [2.05, 4.69) is 4.74 Å². The van der Waals surface area contributed by atoms with Crippen LogP contribution >= 0.6 is 0 Å². The Morgan fingerprint density at radius 2 is 1.38 bits per heavy atom. The molecule has 1 aliphatic rings. The molecule has 1 aliphatic carbocycles. The van der Waals surface area contributed by atoms with Crippen molar-refractivity contribution in [3.05, 3.63) is 88.5 Å². The van der Waals surface area contributed by atoms with E-state index in [9.17, 15) is 35.1 Å². The van der Waals surface area contributed by atoms with Gasteiger partial charge in [-0.2, -0.15) is 8.78 Å². The van der Waals surface area contributed by atoms with E-state index in [1.807, 2.05) is 6.92 Å². The molecule has 1 saturated carbocycles. The Kier molecular flexibility index (Phi) is 8.83. The molecule has 0 amide bonds. The first kappa shape index (κ1) is 28.9. The number of hydrogen-bond donors (Lipinski definition) is 0. The van der Waals surface area contributed by atoms with Crippen LogP contribution in [0.1, 0.15) is 56.1 Å². The summed E-state index contributed by atoms with van der Waals surface area (Å²) >= 11 is 0. The lowest BCUT2D eigenvalue weighted by molar-refractivity contribution is -0.189. The van der Waals surface area contributed by atoms with Gasteiger partial charge in [-0.1, -0.05) is 6.92 Å². The van der Waals surface area contributed by atoms with Crippen LogP contribution in [0.3, 0.4) is 0 Å². The third-order valence-electron chi connectivity index (χ3n) is 6.86. The van der Waals surface area contributed by atoms with Crippen LogP contribution in [0.5, 0.6) is 5.75 Å². The van der Waals surface area contributed by atoms with Crippen molar-refractivity contribution in [1.29, 1.82) is 0 Å². The van der Waals surface area contributed by atoms with Crippen molar-refractivity contribution in [3.63, 3.8) is 0 Å². The van der Waals surface area contributed by atoms with Crippen LogP contribution in [0.2, 0.25) is 0 Å². The Morgan fingerprint density at radius 1 is 0.769 bits per heavy atom. The van der Waals surface area contributed by atoms with E-state index in [-0.39, 0.29) is 11.5 Å². The van der Waals surface area contributed by atoms with Gasteiger partial charge in [-0.05, 0) is 91.5 Å². The highest BCUT2D eigenvalue weighted by atomic mass is 19.3. The molecule has 0 aromatic heterocycles. The number of hydrogen-bond acceptors (Lipinski definition) is 2. The van der Waals surface area contributed by atoms with Gasteiger partial charge in [0.1, 0.15) is 28.8 Å². The monoisotopic (exact) mass is 558 g/mol. The van der Waals surface area contributed by atoms with Crippen molar-refractivity contribution in [3.8, 4) is 16.9 Å². The molecule has 39 heavy (non-hydrogen) atoms. The summed E-state index contributed by atoms with van der Waals surface area (Å²) in [6, 6.07) is 4.97. The summed E-state index contributed by atoms with van der Waals surface area (Å²) in [4.78, 5) is 0. The van der Waals surface area contributed by atoms with Gasteiger partial charge < -0.3 is 9.47 Å². The van der Waals surface area contributed by atoms with Crippen molar-refractivity contribution < 1.29 is 44.6 Å². The topological polar surface area (TPSA) is 18.5 Å². The van der Waals surface area contributed by atoms with Gasteiger partial charge in [0.05, 0.1) is 0 Å². The number of ether oxygens (including phenoxy) is 2. The van der Waals surface area contributed by atoms with Gasteiger partial charge in [-0.3, -0.25) is 0 Å². The molecule has 0 spiro atoms. The minimum Gasteiger partial charge on any atom is -0.429 e. The molecule has 0 bridgehead atoms. The van der Waals surface area contributed by atoms with Crippen LogP contribution in [-0.2, 0) is 10.8 Å². The highest BCUT2D eigenvalue weighted by Gasteiger charge is 2.41. The van der Waals surface area contributed by atoms with E-state index >= 15 is 0 Å². The second-order valence-electron chi connectivity index (χ2n) is 9.67. The quantitative estimate of drug-likeness (QED) is 0.148. The summed E-state index contributed by atoms with van der Waals surface area (Å²) in [7, 11) is 0. The lowest BCUT2D eigenvalue weighted by atomic mass is 9.79. The van der Waals surface area contributed by atoms with Gasteiger partial charge in [0.15, 0.2) is 17.5 Å². The third kappa shape index (κ3) is 6.54. The predicted octanol–water partition coefficient (Wildman–Crippen LogP) is 9.02. The van der Waals surface area contributed by atoms with E-state index in [0.717, 1.165) is 43.5 Å². The summed E-state index contributed by atoms with van der Waals surface area (Å²) in [6.45, 7) is 3.29. The fraction of sp³-hybridized carbons (Fsp3) is 0.379. The van der Waals surface area contributed by atoms with Crippen molar-refractivity contribution in [2.24, 2.45) is 5.92 Å². The van der Waals surface area contributed by atoms with Gasteiger partial charge in [0.25, 0.3) is 0 Å². The molecule has 0 heterocycles. The molecule has 0 atom stereocenters. The zero-order valence-electron chi connectivity index (χ0n) is 21.0. The lowest BCUT2D eigenvalue weighted by Gasteiger charge is -2.29. The van der Waals surface area contributed by atoms with Crippen LogP contribution in [0.25, 0.3) is 11.1 Å². The molecule has 4 rings (SSSR count). The molecule has 3 aromatic rings. The fourth-order valence-electron chi connectivity index (χ4n) is 4.87. The third-order valence-corrected chi connectivity index (χ3v) is 6.86. The molecule has 0 aliphatic heterocycles. The Morgan fingerprint density at radius 3 is 1.95 bits per heavy atom. The first-order valence-electron chi connectivity index (χ1n) is 12.6. The average Bonchev–Trinajstić information content (AvgIpc) is 2.87. The minimum absolute atomic E-state index is 0.192. The van der Waals surface area contributed by atoms with E-state index in [4.69, 9.17) is 4.74 Å². The van der Waals surface area contributed by atoms with Crippen LogP contribution in [-0.4, -0.2) is 13.2 Å². The normalized spacial score (nSPS) is 17.9. The predicted molar refractivity (Wildman–Crippen MR) is 128 cm³/mol. The molecule has 0 N–H and O–H groups in total. The zero-order valence-corrected chi connectivity index (χ0v) is 21.0. The van der Waals surface area contributed by atoms with E-state index < -0.39 is 63.5 Å². The molecule has 0 unspecified atom stereocenters. The molecule has 210 valence electrons. The van der Waals surface area contributed by atoms with Gasteiger partial charge >= 0.3 is 6.11 Å². The second kappa shape index (κ2) is 11.9. The first-order chi connectivity index (χ1) is 18.5. The highest BCUT2D eigenvalue weighted by Crippen LogP contribution is 2.41. The molecule has 0 saturated heterocycles. The summed E-state index contributed by atoms with van der Waals surface area (Å²) in [5.74, 6) is -9.78. The summed E-state index contributed by atoms with van der Waals surface area (Å²) in [5, 5.41) is 0. The van der Waals surface area contributed by atoms with Gasteiger partial charge in [0, 0.05) is 24.8 Å². The average molecular weight is 559 g/mol. The summed E-state index contributed by atoms with van der Waals surface area (Å²) in [5.41, 5.74) is -2.18. The van der Waals surface area contributed by atoms with Crippen LogP contribution in [0.15, 0.2) is 42.5 Å². The Balaban J connectivity index is 1.49. The Labute approximate surface area is 220 Å². The SMILES string of the molecule is CCCOCC1CCC(c2cc(F)c(C(F)(F)Oc3ccc(-c4cc(F)c(F)c(F)c4)c(F)c3)c(F)c2)CC1. The standard InChI is InChI=1S/C29H26F8O2/c1-2-9-38-15-16-3-5-17(6-4-16)18-10-23(31)27(24(32)11-18)29(36,37)39-20-7-8-21(22(30)14-20)19-12-25(33)28(35)26(34)13-19/h7-8,10-14,16-17H,2-6,9,15H2,1H3. The zero-order chi connectivity index (χ0) is 28.3. The lowest BCUT2D eigenvalue weighted by Crippen LogP contribution is -2.26. The molecule has 10 heteroatoms. The molecule has 0 radical (unpaired) electrons. The highest BCUT2D eigenvalue weighted by molar-refractivity contribution is 5.65. The van der Waals surface area contributed by atoms with E-state index in [0.29, 0.717) is 50.2 Å². The maximum absolute atomic E-state index is 14.9. The molecule has 3 aromatic carbocycles. The maximum atomic E-state index is 14.9. The largest absolute Gasteiger partial charge is 0.432 e. The number of alkyl halides is 2. The smallest absolute Gasteiger partial charge is 0.429 e. The van der Waals surface area contributed by atoms with E-state index in [1.165, 1.54) is 0 Å². The molecule has 2 nitrogen and oxygen atoms in total. The fourth-order valence-corrected chi connectivity index (χ4v) is 4.87. The van der Waals surface area contributed by atoms with Crippen molar-refractivity contribution in [1.82, 2.24) is 0 Å². The van der Waals surface area contributed by atoms with Crippen molar-refractivity contribution in [2.75, 3.05) is 13.2 Å². The number of rotatable bonds is 9. The molecular weight excluding hydrogens is 532 g/mol. The number of benzene rings is 3. The van der Waals surface area contributed by atoms with Crippen molar-refractivity contribution in [2.45, 2.75) is 51.1 Å². The van der Waals surface area contributed by atoms with Gasteiger partial charge in [0.2, 0.25) is 0 Å². The Hall–Kier alpha value is -3.14. The Bertz CT molecular complexity index is 1270. The van der Waals surface area contributed by atoms with Crippen LogP contribution in [0.4, 0.5) is 35.1 Å². The molecular formula is C29H26F8O2. The molecule has 1 fully saturated rings. The van der Waals surface area contributed by atoms with Crippen LogP contribution in [0, 0.1) is 40.8 Å². The van der Waals surface area contributed by atoms with Crippen molar-refractivity contribution >= 4 is 0 Å². The van der Waals surface area contributed by atoms with Crippen LogP contribution < -0.4 is 4.74 Å². The minimum atomic E-state index is -4.51. The maximum Gasteiger partial charge on any atom is 0.432 e. The second-order valence-corrected chi connectivity index (χ2v) is 9.67. The van der Waals surface area contributed by atoms with Gasteiger partial charge in [-0.15, -0.1) is 0 Å².